The van der Waals surface area contributed by atoms with Gasteiger partial charge >= 0.3 is 39.3 Å². The monoisotopic (exact) mass is 471 g/mol. The molecule has 29 heavy (non-hydrogen) atoms. The molecule has 0 amide bonds. The van der Waals surface area contributed by atoms with Crippen molar-refractivity contribution >= 4 is 55.7 Å². The average Bonchev–Trinajstić information content (AvgIpc) is 3.20. The summed E-state index contributed by atoms with van der Waals surface area (Å²) in [5, 5.41) is 0. The van der Waals surface area contributed by atoms with E-state index in [0.29, 0.717) is 5.56 Å². The maximum atomic E-state index is 11.4. The van der Waals surface area contributed by atoms with E-state index in [1.54, 1.807) is 36.7 Å². The molecule has 0 unspecified atom stereocenters. The van der Waals surface area contributed by atoms with Gasteiger partial charge in [0.25, 0.3) is 0 Å². The molecule has 152 valence electrons. The van der Waals surface area contributed by atoms with Crippen LogP contribution in [0.1, 0.15) is 22.3 Å². The third-order valence-corrected chi connectivity index (χ3v) is 3.82. The van der Waals surface area contributed by atoms with Crippen molar-refractivity contribution in [3.8, 4) is 0 Å². The van der Waals surface area contributed by atoms with Gasteiger partial charge in [0.2, 0.25) is 0 Å². The Morgan fingerprint density at radius 1 is 1.03 bits per heavy atom. The number of halogens is 2. The SMILES string of the molecule is COC(=O)c1ccc(N=CC2=CCC(C=Nc3ccc(C)cc3)=N2)cc1.[Cl][Fe][Cl]. The Kier molecular flexibility index (Phi) is 9.81. The summed E-state index contributed by atoms with van der Waals surface area (Å²) in [6.07, 6.45) is 6.23. The molecule has 8 heteroatoms. The van der Waals surface area contributed by atoms with E-state index in [4.69, 9.17) is 20.2 Å². The molecule has 0 aliphatic carbocycles. The van der Waals surface area contributed by atoms with Crippen LogP contribution in [0.5, 0.6) is 0 Å². The Morgan fingerprint density at radius 3 is 2.17 bits per heavy atom. The number of allylic oxidation sites excluding steroid dienone is 2. The normalized spacial score (nSPS) is 13.2. The quantitative estimate of drug-likeness (QED) is 0.305. The van der Waals surface area contributed by atoms with Crippen molar-refractivity contribution in [1.82, 2.24) is 0 Å². The molecule has 0 aromatic heterocycles. The summed E-state index contributed by atoms with van der Waals surface area (Å²) < 4.78 is 4.67. The molecule has 0 saturated carbocycles. The Bertz CT molecular complexity index is 937. The van der Waals surface area contributed by atoms with Crippen LogP contribution in [0.3, 0.4) is 0 Å². The molecule has 0 spiro atoms. The molecule has 0 atom stereocenters. The summed E-state index contributed by atoms with van der Waals surface area (Å²) >= 11 is 0.194. The fourth-order valence-electron chi connectivity index (χ4n) is 2.35. The number of nitrogens with zero attached hydrogens (tertiary/aromatic N) is 3. The topological polar surface area (TPSA) is 63.4 Å². The van der Waals surface area contributed by atoms with E-state index in [-0.39, 0.29) is 19.1 Å². The number of rotatable bonds is 5. The summed E-state index contributed by atoms with van der Waals surface area (Å²) in [6, 6.07) is 14.9. The third kappa shape index (κ3) is 7.95. The third-order valence-electron chi connectivity index (χ3n) is 3.82. The van der Waals surface area contributed by atoms with Gasteiger partial charge in [0.15, 0.2) is 0 Å². The molecular formula is C21H19Cl2FeN3O2. The van der Waals surface area contributed by atoms with Crippen molar-refractivity contribution in [3.63, 3.8) is 0 Å². The first kappa shape index (κ1) is 23.0. The summed E-state index contributed by atoms with van der Waals surface area (Å²) in [6.45, 7) is 2.05. The maximum absolute atomic E-state index is 11.4. The van der Waals surface area contributed by atoms with E-state index in [2.05, 4.69) is 19.7 Å². The molecule has 0 radical (unpaired) electrons. The molecule has 5 nitrogen and oxygen atoms in total. The summed E-state index contributed by atoms with van der Waals surface area (Å²) in [7, 11) is 10.9. The summed E-state index contributed by atoms with van der Waals surface area (Å²) in [5.41, 5.74) is 5.06. The van der Waals surface area contributed by atoms with E-state index in [1.807, 2.05) is 37.3 Å². The first-order chi connectivity index (χ1) is 14.0. The Labute approximate surface area is 184 Å². The predicted molar refractivity (Wildman–Crippen MR) is 117 cm³/mol. The van der Waals surface area contributed by atoms with Gasteiger partial charge in [-0.1, -0.05) is 23.8 Å². The average molecular weight is 472 g/mol. The van der Waals surface area contributed by atoms with Crippen LogP contribution in [0, 0.1) is 6.92 Å². The van der Waals surface area contributed by atoms with Gasteiger partial charge in [-0.25, -0.2) is 4.79 Å². The second kappa shape index (κ2) is 12.3. The number of carbonyl (C=O) groups is 1. The van der Waals surface area contributed by atoms with Gasteiger partial charge in [-0.2, -0.15) is 0 Å². The number of benzene rings is 2. The number of hydrogen-bond acceptors (Lipinski definition) is 5. The molecule has 0 N–H and O–H groups in total. The number of methoxy groups -OCH3 is 1. The summed E-state index contributed by atoms with van der Waals surface area (Å²) in [5.74, 6) is -0.360. The fourth-order valence-corrected chi connectivity index (χ4v) is 2.35. The van der Waals surface area contributed by atoms with Gasteiger partial charge < -0.3 is 4.74 Å². The van der Waals surface area contributed by atoms with Crippen molar-refractivity contribution in [2.75, 3.05) is 7.11 Å². The van der Waals surface area contributed by atoms with E-state index < -0.39 is 0 Å². The van der Waals surface area contributed by atoms with Crippen LogP contribution in [0.15, 0.2) is 75.3 Å². The van der Waals surface area contributed by atoms with Gasteiger partial charge in [-0.15, -0.1) is 0 Å². The first-order valence-corrected chi connectivity index (χ1v) is 11.6. The predicted octanol–water partition coefficient (Wildman–Crippen LogP) is 5.99. The molecule has 2 aromatic carbocycles. The van der Waals surface area contributed by atoms with E-state index in [1.165, 1.54) is 12.7 Å². The van der Waals surface area contributed by atoms with E-state index >= 15 is 0 Å². The number of carbonyl (C=O) groups excluding carboxylic acids is 1. The van der Waals surface area contributed by atoms with Crippen molar-refractivity contribution < 1.29 is 22.7 Å². The molecule has 3 rings (SSSR count). The van der Waals surface area contributed by atoms with E-state index in [0.717, 1.165) is 29.2 Å². The minimum atomic E-state index is -0.360. The Hall–Kier alpha value is -2.24. The molecule has 0 saturated heterocycles. The second-order valence-corrected chi connectivity index (χ2v) is 7.70. The van der Waals surface area contributed by atoms with Gasteiger partial charge in [0.05, 0.1) is 41.7 Å². The van der Waals surface area contributed by atoms with Crippen molar-refractivity contribution in [2.24, 2.45) is 15.0 Å². The van der Waals surface area contributed by atoms with Gasteiger partial charge in [0.1, 0.15) is 0 Å². The van der Waals surface area contributed by atoms with Gasteiger partial charge in [-0.05, 0) is 43.3 Å². The number of aliphatic imine (C=N–C) groups is 3. The molecule has 0 bridgehead atoms. The molecule has 1 heterocycles. The van der Waals surface area contributed by atoms with Crippen LogP contribution in [0.2, 0.25) is 0 Å². The van der Waals surface area contributed by atoms with Crippen LogP contribution >= 0.6 is 20.2 Å². The molecule has 1 aliphatic heterocycles. The second-order valence-electron chi connectivity index (χ2n) is 5.88. The molecule has 0 fully saturated rings. The minimum absolute atomic E-state index is 0.194. The zero-order chi connectivity index (χ0) is 21.1. The number of esters is 1. The molecule has 2 aromatic rings. The number of hydrogen-bond donors (Lipinski definition) is 0. The van der Waals surface area contributed by atoms with Gasteiger partial charge in [-0.3, -0.25) is 15.0 Å². The fraction of sp³-hybridized carbons (Fsp3) is 0.143. The number of aryl methyl sites for hydroxylation is 1. The molecular weight excluding hydrogens is 453 g/mol. The standard InChI is InChI=1S/C21H19N3O2.2ClH.Fe/c1-15-3-7-17(8-4-15)22-13-19-11-12-20(24-19)14-23-18-9-5-16(6-10-18)21(25)26-2;;;/h3-10,12-14H,11H2,1-2H3;2*1H;/q;;;+2/p-2. The van der Waals surface area contributed by atoms with Crippen LogP contribution in [0.25, 0.3) is 0 Å². The van der Waals surface area contributed by atoms with E-state index in [9.17, 15) is 4.79 Å². The summed E-state index contributed by atoms with van der Waals surface area (Å²) in [4.78, 5) is 24.7. The number of ether oxygens (including phenoxy) is 1. The van der Waals surface area contributed by atoms with Crippen LogP contribution < -0.4 is 0 Å². The van der Waals surface area contributed by atoms with Gasteiger partial charge in [0, 0.05) is 12.6 Å². The van der Waals surface area contributed by atoms with Crippen molar-refractivity contribution in [2.45, 2.75) is 13.3 Å². The zero-order valence-electron chi connectivity index (χ0n) is 15.8. The van der Waals surface area contributed by atoms with Crippen molar-refractivity contribution in [3.05, 3.63) is 71.4 Å². The zero-order valence-corrected chi connectivity index (χ0v) is 18.4. The van der Waals surface area contributed by atoms with Crippen molar-refractivity contribution in [1.29, 1.82) is 0 Å². The first-order valence-electron chi connectivity index (χ1n) is 8.52. The van der Waals surface area contributed by atoms with Crippen LogP contribution in [0.4, 0.5) is 11.4 Å². The van der Waals surface area contributed by atoms with Crippen LogP contribution in [-0.4, -0.2) is 31.2 Å². The van der Waals surface area contributed by atoms with Crippen LogP contribution in [-0.2, 0) is 17.9 Å². The Balaban J connectivity index is 0.000000941. The molecule has 1 aliphatic rings. The Morgan fingerprint density at radius 2 is 1.59 bits per heavy atom.